The van der Waals surface area contributed by atoms with Crippen LogP contribution in [-0.4, -0.2) is 17.5 Å². The lowest BCUT2D eigenvalue weighted by Crippen LogP contribution is -2.27. The summed E-state index contributed by atoms with van der Waals surface area (Å²) in [5.74, 6) is 0.795. The summed E-state index contributed by atoms with van der Waals surface area (Å²) in [6, 6.07) is 5.74. The smallest absolute Gasteiger partial charge is 0.231 e. The van der Waals surface area contributed by atoms with Crippen LogP contribution >= 0.6 is 11.3 Å². The summed E-state index contributed by atoms with van der Waals surface area (Å²) in [5.41, 5.74) is 0.451. The number of fused-ring (bicyclic) bond motifs is 1. The van der Waals surface area contributed by atoms with Gasteiger partial charge in [-0.25, -0.2) is 4.98 Å². The topological polar surface area (TPSA) is 51.2 Å². The minimum Gasteiger partial charge on any atom is -0.494 e. The fourth-order valence-electron chi connectivity index (χ4n) is 1.50. The second-order valence-electron chi connectivity index (χ2n) is 5.29. The first-order chi connectivity index (χ1) is 8.90. The Morgan fingerprint density at radius 1 is 1.42 bits per heavy atom. The van der Waals surface area contributed by atoms with Gasteiger partial charge in [0.05, 0.1) is 16.8 Å². The number of thiazole rings is 1. The predicted molar refractivity (Wildman–Crippen MR) is 78.9 cm³/mol. The summed E-state index contributed by atoms with van der Waals surface area (Å²) in [6.45, 7) is 8.22. The third-order valence-corrected chi connectivity index (χ3v) is 3.51. The molecule has 0 atom stereocenters. The van der Waals surface area contributed by atoms with E-state index in [-0.39, 0.29) is 5.91 Å². The van der Waals surface area contributed by atoms with Crippen LogP contribution in [0.25, 0.3) is 10.2 Å². The van der Waals surface area contributed by atoms with Crippen molar-refractivity contribution in [2.24, 2.45) is 5.41 Å². The van der Waals surface area contributed by atoms with E-state index < -0.39 is 5.41 Å². The molecule has 0 aliphatic carbocycles. The Hall–Kier alpha value is -1.62. The molecule has 2 rings (SSSR count). The molecule has 0 saturated carbocycles. The largest absolute Gasteiger partial charge is 0.494 e. The summed E-state index contributed by atoms with van der Waals surface area (Å²) < 4.78 is 6.46. The number of rotatable bonds is 3. The standard InChI is InChI=1S/C14H18N2O2S/c1-5-18-9-6-7-10-11(8-9)19-13(15-10)16-12(17)14(2,3)4/h6-8H,5H2,1-4H3,(H,15,16,17). The van der Waals surface area contributed by atoms with Gasteiger partial charge in [0, 0.05) is 5.41 Å². The highest BCUT2D eigenvalue weighted by Gasteiger charge is 2.22. The minimum atomic E-state index is -0.422. The van der Waals surface area contributed by atoms with Crippen molar-refractivity contribution < 1.29 is 9.53 Å². The third-order valence-electron chi connectivity index (χ3n) is 2.57. The van der Waals surface area contributed by atoms with Crippen molar-refractivity contribution in [1.29, 1.82) is 0 Å². The first kappa shape index (κ1) is 13.8. The lowest BCUT2D eigenvalue weighted by Gasteiger charge is -2.15. The number of carbonyl (C=O) groups is 1. The van der Waals surface area contributed by atoms with E-state index in [2.05, 4.69) is 10.3 Å². The van der Waals surface area contributed by atoms with Gasteiger partial charge in [-0.3, -0.25) is 4.79 Å². The average Bonchev–Trinajstić information content (AvgIpc) is 2.69. The molecule has 0 fully saturated rings. The van der Waals surface area contributed by atoms with Crippen LogP contribution in [0, 0.1) is 5.41 Å². The molecule has 19 heavy (non-hydrogen) atoms. The fraction of sp³-hybridized carbons (Fsp3) is 0.429. The summed E-state index contributed by atoms with van der Waals surface area (Å²) in [4.78, 5) is 16.3. The molecule has 0 spiro atoms. The van der Waals surface area contributed by atoms with Crippen LogP contribution in [0.4, 0.5) is 5.13 Å². The molecule has 0 aliphatic heterocycles. The maximum absolute atomic E-state index is 11.9. The average molecular weight is 278 g/mol. The van der Waals surface area contributed by atoms with E-state index >= 15 is 0 Å². The number of carbonyl (C=O) groups excluding carboxylic acids is 1. The van der Waals surface area contributed by atoms with Crippen molar-refractivity contribution in [2.45, 2.75) is 27.7 Å². The normalized spacial score (nSPS) is 11.6. The summed E-state index contributed by atoms with van der Waals surface area (Å²) in [7, 11) is 0. The van der Waals surface area contributed by atoms with Gasteiger partial charge in [0.1, 0.15) is 5.75 Å². The van der Waals surface area contributed by atoms with Crippen molar-refractivity contribution in [1.82, 2.24) is 4.98 Å². The van der Waals surface area contributed by atoms with E-state index in [1.165, 1.54) is 11.3 Å². The van der Waals surface area contributed by atoms with Crippen LogP contribution in [0.15, 0.2) is 18.2 Å². The van der Waals surface area contributed by atoms with Crippen LogP contribution in [0.1, 0.15) is 27.7 Å². The van der Waals surface area contributed by atoms with E-state index in [9.17, 15) is 4.79 Å². The van der Waals surface area contributed by atoms with E-state index in [4.69, 9.17) is 4.74 Å². The van der Waals surface area contributed by atoms with E-state index in [1.54, 1.807) is 0 Å². The van der Waals surface area contributed by atoms with E-state index in [0.29, 0.717) is 11.7 Å². The van der Waals surface area contributed by atoms with Crippen LogP contribution < -0.4 is 10.1 Å². The van der Waals surface area contributed by atoms with Gasteiger partial charge in [-0.1, -0.05) is 32.1 Å². The summed E-state index contributed by atoms with van der Waals surface area (Å²) in [5, 5.41) is 3.48. The van der Waals surface area contributed by atoms with Gasteiger partial charge >= 0.3 is 0 Å². The fourth-order valence-corrected chi connectivity index (χ4v) is 2.39. The molecular weight excluding hydrogens is 260 g/mol. The molecule has 0 saturated heterocycles. The number of anilines is 1. The molecule has 1 amide bonds. The van der Waals surface area contributed by atoms with Crippen molar-refractivity contribution in [2.75, 3.05) is 11.9 Å². The molecule has 0 bridgehead atoms. The highest BCUT2D eigenvalue weighted by atomic mass is 32.1. The Labute approximate surface area is 116 Å². The maximum atomic E-state index is 11.9. The molecule has 0 aliphatic rings. The molecule has 1 aromatic heterocycles. The molecule has 1 N–H and O–H groups in total. The van der Waals surface area contributed by atoms with Gasteiger partial charge in [0.15, 0.2) is 5.13 Å². The molecule has 0 unspecified atom stereocenters. The summed E-state index contributed by atoms with van der Waals surface area (Å²) >= 11 is 1.46. The molecule has 0 radical (unpaired) electrons. The highest BCUT2D eigenvalue weighted by molar-refractivity contribution is 7.22. The second kappa shape index (κ2) is 5.17. The van der Waals surface area contributed by atoms with E-state index in [1.807, 2.05) is 45.9 Å². The Kier molecular flexibility index (Phi) is 3.75. The highest BCUT2D eigenvalue weighted by Crippen LogP contribution is 2.30. The van der Waals surface area contributed by atoms with Crippen LogP contribution in [-0.2, 0) is 4.79 Å². The number of benzene rings is 1. The Bertz CT molecular complexity index is 599. The van der Waals surface area contributed by atoms with Gasteiger partial charge < -0.3 is 10.1 Å². The monoisotopic (exact) mass is 278 g/mol. The van der Waals surface area contributed by atoms with Crippen molar-refractivity contribution >= 4 is 32.6 Å². The molecule has 1 aromatic carbocycles. The molecule has 1 heterocycles. The SMILES string of the molecule is CCOc1ccc2nc(NC(=O)C(C)(C)C)sc2c1. The molecule has 2 aromatic rings. The first-order valence-corrected chi connectivity index (χ1v) is 7.06. The van der Waals surface area contributed by atoms with Crippen LogP contribution in [0.5, 0.6) is 5.75 Å². The van der Waals surface area contributed by atoms with Crippen LogP contribution in [0.3, 0.4) is 0 Å². The Morgan fingerprint density at radius 3 is 2.79 bits per heavy atom. The van der Waals surface area contributed by atoms with Gasteiger partial charge in [-0.15, -0.1) is 0 Å². The lowest BCUT2D eigenvalue weighted by atomic mass is 9.96. The molecule has 102 valence electrons. The number of nitrogens with one attached hydrogen (secondary N) is 1. The predicted octanol–water partition coefficient (Wildman–Crippen LogP) is 3.68. The molecule has 4 nitrogen and oxygen atoms in total. The number of aromatic nitrogens is 1. The number of amides is 1. The first-order valence-electron chi connectivity index (χ1n) is 6.25. The number of nitrogens with zero attached hydrogens (tertiary/aromatic N) is 1. The van der Waals surface area contributed by atoms with Crippen LogP contribution in [0.2, 0.25) is 0 Å². The summed E-state index contributed by atoms with van der Waals surface area (Å²) in [6.07, 6.45) is 0. The van der Waals surface area contributed by atoms with Crippen molar-refractivity contribution in [3.05, 3.63) is 18.2 Å². The van der Waals surface area contributed by atoms with Gasteiger partial charge in [0.25, 0.3) is 0 Å². The van der Waals surface area contributed by atoms with Gasteiger partial charge in [-0.05, 0) is 25.1 Å². The molecular formula is C14H18N2O2S. The third kappa shape index (κ3) is 3.23. The molecule has 5 heteroatoms. The zero-order valence-electron chi connectivity index (χ0n) is 11.6. The zero-order valence-corrected chi connectivity index (χ0v) is 12.4. The minimum absolute atomic E-state index is 0.0309. The Balaban J connectivity index is 2.24. The number of ether oxygens (including phenoxy) is 1. The van der Waals surface area contributed by atoms with Gasteiger partial charge in [-0.2, -0.15) is 0 Å². The second-order valence-corrected chi connectivity index (χ2v) is 6.32. The Morgan fingerprint density at radius 2 is 2.16 bits per heavy atom. The number of hydrogen-bond donors (Lipinski definition) is 1. The van der Waals surface area contributed by atoms with Gasteiger partial charge in [0.2, 0.25) is 5.91 Å². The van der Waals surface area contributed by atoms with Crippen molar-refractivity contribution in [3.8, 4) is 5.75 Å². The van der Waals surface area contributed by atoms with E-state index in [0.717, 1.165) is 16.0 Å². The lowest BCUT2D eigenvalue weighted by molar-refractivity contribution is -0.123. The zero-order chi connectivity index (χ0) is 14.0. The van der Waals surface area contributed by atoms with Crippen molar-refractivity contribution in [3.63, 3.8) is 0 Å². The quantitative estimate of drug-likeness (QED) is 0.931. The maximum Gasteiger partial charge on any atom is 0.231 e. The number of hydrogen-bond acceptors (Lipinski definition) is 4.